The molecule has 1 aromatic rings. The van der Waals surface area contributed by atoms with E-state index >= 15 is 0 Å². The SMILES string of the molecule is COC(=O)c1ccc2c(c1)OCC(C)C2. The summed E-state index contributed by atoms with van der Waals surface area (Å²) in [5.41, 5.74) is 1.72. The fourth-order valence-corrected chi connectivity index (χ4v) is 1.77. The van der Waals surface area contributed by atoms with E-state index < -0.39 is 0 Å². The van der Waals surface area contributed by atoms with Crippen LogP contribution in [-0.4, -0.2) is 19.7 Å². The largest absolute Gasteiger partial charge is 0.493 e. The van der Waals surface area contributed by atoms with Gasteiger partial charge >= 0.3 is 5.97 Å². The molecule has 0 bridgehead atoms. The van der Waals surface area contributed by atoms with Crippen molar-refractivity contribution >= 4 is 5.97 Å². The molecule has 0 aliphatic carbocycles. The third kappa shape index (κ3) is 1.96. The van der Waals surface area contributed by atoms with Crippen LogP contribution in [0.5, 0.6) is 5.75 Å². The molecular weight excluding hydrogens is 192 g/mol. The van der Waals surface area contributed by atoms with Crippen LogP contribution < -0.4 is 4.74 Å². The highest BCUT2D eigenvalue weighted by molar-refractivity contribution is 5.89. The Bertz CT molecular complexity index is 384. The first-order valence-corrected chi connectivity index (χ1v) is 5.04. The van der Waals surface area contributed by atoms with Gasteiger partial charge in [-0.2, -0.15) is 0 Å². The quantitative estimate of drug-likeness (QED) is 0.660. The predicted octanol–water partition coefficient (Wildman–Crippen LogP) is 2.04. The van der Waals surface area contributed by atoms with Gasteiger partial charge in [-0.05, 0) is 30.0 Å². The Morgan fingerprint density at radius 3 is 3.07 bits per heavy atom. The molecule has 0 radical (unpaired) electrons. The van der Waals surface area contributed by atoms with Crippen molar-refractivity contribution in [2.75, 3.05) is 13.7 Å². The molecule has 1 heterocycles. The Balaban J connectivity index is 2.30. The number of rotatable bonds is 1. The van der Waals surface area contributed by atoms with Gasteiger partial charge in [0.1, 0.15) is 5.75 Å². The first kappa shape index (κ1) is 10.0. The molecule has 80 valence electrons. The number of methoxy groups -OCH3 is 1. The van der Waals surface area contributed by atoms with Crippen LogP contribution in [0.3, 0.4) is 0 Å². The molecule has 1 aliphatic heterocycles. The number of benzene rings is 1. The van der Waals surface area contributed by atoms with Gasteiger partial charge in [-0.25, -0.2) is 4.79 Å². The van der Waals surface area contributed by atoms with Gasteiger partial charge < -0.3 is 9.47 Å². The summed E-state index contributed by atoms with van der Waals surface area (Å²) >= 11 is 0. The minimum atomic E-state index is -0.319. The highest BCUT2D eigenvalue weighted by atomic mass is 16.5. The van der Waals surface area contributed by atoms with Gasteiger partial charge in [0.25, 0.3) is 0 Å². The molecular formula is C12H14O3. The Hall–Kier alpha value is -1.51. The highest BCUT2D eigenvalue weighted by Gasteiger charge is 2.18. The molecule has 3 heteroatoms. The van der Waals surface area contributed by atoms with Crippen molar-refractivity contribution in [1.29, 1.82) is 0 Å². The summed E-state index contributed by atoms with van der Waals surface area (Å²) in [6, 6.07) is 5.48. The Labute approximate surface area is 89.0 Å². The molecule has 0 saturated heterocycles. The molecule has 1 atom stereocenters. The zero-order chi connectivity index (χ0) is 10.8. The van der Waals surface area contributed by atoms with Gasteiger partial charge in [0, 0.05) is 0 Å². The molecule has 1 unspecified atom stereocenters. The van der Waals surface area contributed by atoms with Crippen LogP contribution >= 0.6 is 0 Å². The van der Waals surface area contributed by atoms with Crippen molar-refractivity contribution in [1.82, 2.24) is 0 Å². The summed E-state index contributed by atoms with van der Waals surface area (Å²) in [6.07, 6.45) is 1.01. The molecule has 0 fully saturated rings. The highest BCUT2D eigenvalue weighted by Crippen LogP contribution is 2.28. The number of hydrogen-bond donors (Lipinski definition) is 0. The van der Waals surface area contributed by atoms with Crippen LogP contribution in [-0.2, 0) is 11.2 Å². The van der Waals surface area contributed by atoms with E-state index in [1.165, 1.54) is 12.7 Å². The summed E-state index contributed by atoms with van der Waals surface area (Å²) in [6.45, 7) is 2.87. The molecule has 3 nitrogen and oxygen atoms in total. The number of fused-ring (bicyclic) bond motifs is 1. The van der Waals surface area contributed by atoms with E-state index in [9.17, 15) is 4.79 Å². The summed E-state index contributed by atoms with van der Waals surface area (Å²) in [5, 5.41) is 0. The second-order valence-electron chi connectivity index (χ2n) is 3.93. The van der Waals surface area contributed by atoms with Crippen LogP contribution in [0.2, 0.25) is 0 Å². The van der Waals surface area contributed by atoms with Gasteiger partial charge in [0.05, 0.1) is 19.3 Å². The molecule has 0 N–H and O–H groups in total. The smallest absolute Gasteiger partial charge is 0.337 e. The Kier molecular flexibility index (Phi) is 2.62. The fourth-order valence-electron chi connectivity index (χ4n) is 1.77. The van der Waals surface area contributed by atoms with Gasteiger partial charge in [-0.15, -0.1) is 0 Å². The summed E-state index contributed by atoms with van der Waals surface area (Å²) in [4.78, 5) is 11.3. The van der Waals surface area contributed by atoms with E-state index in [0.29, 0.717) is 11.5 Å². The van der Waals surface area contributed by atoms with Crippen molar-refractivity contribution in [3.8, 4) is 5.75 Å². The molecule has 15 heavy (non-hydrogen) atoms. The average Bonchev–Trinajstić information content (AvgIpc) is 2.27. The Morgan fingerprint density at radius 1 is 1.53 bits per heavy atom. The van der Waals surface area contributed by atoms with E-state index in [0.717, 1.165) is 18.8 Å². The second kappa shape index (κ2) is 3.93. The first-order valence-electron chi connectivity index (χ1n) is 5.04. The maximum atomic E-state index is 11.3. The molecule has 0 spiro atoms. The molecule has 0 saturated carbocycles. The summed E-state index contributed by atoms with van der Waals surface area (Å²) < 4.78 is 10.2. The molecule has 0 amide bonds. The lowest BCUT2D eigenvalue weighted by Crippen LogP contribution is -2.18. The van der Waals surface area contributed by atoms with Gasteiger partial charge in [0.15, 0.2) is 0 Å². The lowest BCUT2D eigenvalue weighted by molar-refractivity contribution is 0.0600. The monoisotopic (exact) mass is 206 g/mol. The first-order chi connectivity index (χ1) is 7.20. The molecule has 2 rings (SSSR count). The van der Waals surface area contributed by atoms with Crippen molar-refractivity contribution < 1.29 is 14.3 Å². The minimum absolute atomic E-state index is 0.319. The van der Waals surface area contributed by atoms with E-state index in [1.807, 2.05) is 6.07 Å². The molecule has 1 aromatic carbocycles. The normalized spacial score (nSPS) is 18.9. The van der Waals surface area contributed by atoms with Crippen molar-refractivity contribution in [2.24, 2.45) is 5.92 Å². The van der Waals surface area contributed by atoms with Gasteiger partial charge in [0.2, 0.25) is 0 Å². The standard InChI is InChI=1S/C12H14O3/c1-8-5-9-3-4-10(12(13)14-2)6-11(9)15-7-8/h3-4,6,8H,5,7H2,1-2H3. The van der Waals surface area contributed by atoms with Crippen LogP contribution in [0.4, 0.5) is 0 Å². The van der Waals surface area contributed by atoms with Gasteiger partial charge in [-0.3, -0.25) is 0 Å². The second-order valence-corrected chi connectivity index (χ2v) is 3.93. The van der Waals surface area contributed by atoms with Crippen LogP contribution in [0.1, 0.15) is 22.8 Å². The third-order valence-corrected chi connectivity index (χ3v) is 2.58. The molecule has 1 aliphatic rings. The van der Waals surface area contributed by atoms with Crippen molar-refractivity contribution in [2.45, 2.75) is 13.3 Å². The Morgan fingerprint density at radius 2 is 2.33 bits per heavy atom. The number of carbonyl (C=O) groups is 1. The predicted molar refractivity (Wildman–Crippen MR) is 56.1 cm³/mol. The van der Waals surface area contributed by atoms with Crippen LogP contribution in [0.25, 0.3) is 0 Å². The van der Waals surface area contributed by atoms with E-state index in [1.54, 1.807) is 12.1 Å². The molecule has 0 aromatic heterocycles. The van der Waals surface area contributed by atoms with E-state index in [2.05, 4.69) is 11.7 Å². The summed E-state index contributed by atoms with van der Waals surface area (Å²) in [5.74, 6) is 1.04. The van der Waals surface area contributed by atoms with Gasteiger partial charge in [-0.1, -0.05) is 13.0 Å². The average molecular weight is 206 g/mol. The zero-order valence-corrected chi connectivity index (χ0v) is 8.95. The maximum Gasteiger partial charge on any atom is 0.337 e. The number of esters is 1. The lowest BCUT2D eigenvalue weighted by Gasteiger charge is -2.22. The van der Waals surface area contributed by atoms with Crippen LogP contribution in [0, 0.1) is 5.92 Å². The van der Waals surface area contributed by atoms with Crippen molar-refractivity contribution in [3.63, 3.8) is 0 Å². The zero-order valence-electron chi connectivity index (χ0n) is 8.95. The number of ether oxygens (including phenoxy) is 2. The number of hydrogen-bond acceptors (Lipinski definition) is 3. The summed E-state index contributed by atoms with van der Waals surface area (Å²) in [7, 11) is 1.38. The fraction of sp³-hybridized carbons (Fsp3) is 0.417. The number of carbonyl (C=O) groups excluding carboxylic acids is 1. The van der Waals surface area contributed by atoms with E-state index in [-0.39, 0.29) is 5.97 Å². The lowest BCUT2D eigenvalue weighted by atomic mass is 9.97. The van der Waals surface area contributed by atoms with Crippen molar-refractivity contribution in [3.05, 3.63) is 29.3 Å². The third-order valence-electron chi connectivity index (χ3n) is 2.58. The topological polar surface area (TPSA) is 35.5 Å². The van der Waals surface area contributed by atoms with Crippen LogP contribution in [0.15, 0.2) is 18.2 Å². The minimum Gasteiger partial charge on any atom is -0.493 e. The van der Waals surface area contributed by atoms with E-state index in [4.69, 9.17) is 4.74 Å². The maximum absolute atomic E-state index is 11.3.